The number of amides is 2. The summed E-state index contributed by atoms with van der Waals surface area (Å²) in [6, 6.07) is 12.9. The van der Waals surface area contributed by atoms with Crippen LogP contribution in [0.4, 0.5) is 11.4 Å². The number of para-hydroxylation sites is 1. The average molecular weight is 368 g/mol. The van der Waals surface area contributed by atoms with E-state index in [0.29, 0.717) is 23.6 Å². The number of methoxy groups -OCH3 is 2. The summed E-state index contributed by atoms with van der Waals surface area (Å²) in [5.41, 5.74) is 2.45. The molecular weight excluding hydrogens is 344 g/mol. The molecule has 2 aromatic rings. The first-order valence-electron chi connectivity index (χ1n) is 8.99. The first kappa shape index (κ1) is 18.8. The van der Waals surface area contributed by atoms with E-state index in [1.54, 1.807) is 25.3 Å². The molecule has 1 fully saturated rings. The summed E-state index contributed by atoms with van der Waals surface area (Å²) in [6.07, 6.45) is 1.38. The van der Waals surface area contributed by atoms with Crippen LogP contribution in [0.25, 0.3) is 0 Å². The van der Waals surface area contributed by atoms with Gasteiger partial charge in [-0.15, -0.1) is 0 Å². The van der Waals surface area contributed by atoms with Crippen molar-refractivity contribution in [3.63, 3.8) is 0 Å². The topological polar surface area (TPSA) is 76.7 Å². The van der Waals surface area contributed by atoms with Crippen LogP contribution in [0.2, 0.25) is 0 Å². The molecule has 2 aromatic carbocycles. The lowest BCUT2D eigenvalue weighted by molar-refractivity contribution is -0.122. The highest BCUT2D eigenvalue weighted by Gasteiger charge is 2.48. The number of nitrogens with one attached hydrogen (secondary N) is 2. The molecular formula is C21H24N2O4. The van der Waals surface area contributed by atoms with Gasteiger partial charge >= 0.3 is 0 Å². The van der Waals surface area contributed by atoms with Crippen molar-refractivity contribution in [1.82, 2.24) is 0 Å². The molecule has 0 heterocycles. The summed E-state index contributed by atoms with van der Waals surface area (Å²) < 4.78 is 10.4. The van der Waals surface area contributed by atoms with Crippen molar-refractivity contribution >= 4 is 23.2 Å². The van der Waals surface area contributed by atoms with E-state index in [1.165, 1.54) is 7.11 Å². The van der Waals surface area contributed by atoms with Crippen LogP contribution in [0.3, 0.4) is 0 Å². The minimum Gasteiger partial charge on any atom is -0.497 e. The van der Waals surface area contributed by atoms with Crippen LogP contribution in [-0.4, -0.2) is 26.0 Å². The van der Waals surface area contributed by atoms with Crippen molar-refractivity contribution in [3.8, 4) is 11.5 Å². The van der Waals surface area contributed by atoms with Crippen LogP contribution in [0, 0.1) is 11.8 Å². The summed E-state index contributed by atoms with van der Waals surface area (Å²) in [5.74, 6) is 0.231. The predicted octanol–water partition coefficient (Wildman–Crippen LogP) is 3.48. The molecule has 6 heteroatoms. The third-order valence-corrected chi connectivity index (χ3v) is 4.79. The maximum Gasteiger partial charge on any atom is 0.228 e. The second-order valence-corrected chi connectivity index (χ2v) is 6.50. The minimum absolute atomic E-state index is 0.113. The zero-order chi connectivity index (χ0) is 19.4. The van der Waals surface area contributed by atoms with E-state index < -0.39 is 0 Å². The molecule has 2 unspecified atom stereocenters. The maximum absolute atomic E-state index is 12.5. The predicted molar refractivity (Wildman–Crippen MR) is 104 cm³/mol. The molecule has 0 aromatic heterocycles. The van der Waals surface area contributed by atoms with Gasteiger partial charge in [0.15, 0.2) is 0 Å². The maximum atomic E-state index is 12.5. The Hall–Kier alpha value is -3.02. The van der Waals surface area contributed by atoms with Gasteiger partial charge in [0, 0.05) is 11.8 Å². The van der Waals surface area contributed by atoms with E-state index in [2.05, 4.69) is 10.6 Å². The number of ether oxygens (including phenoxy) is 2. The van der Waals surface area contributed by atoms with E-state index in [1.807, 2.05) is 31.2 Å². The molecule has 0 spiro atoms. The molecule has 1 saturated carbocycles. The molecule has 0 aliphatic heterocycles. The van der Waals surface area contributed by atoms with E-state index >= 15 is 0 Å². The number of benzene rings is 2. The first-order valence-corrected chi connectivity index (χ1v) is 8.99. The highest BCUT2D eigenvalue weighted by Crippen LogP contribution is 2.41. The number of carbonyl (C=O) groups excluding carboxylic acids is 2. The smallest absolute Gasteiger partial charge is 0.228 e. The second-order valence-electron chi connectivity index (χ2n) is 6.50. The van der Waals surface area contributed by atoms with Crippen LogP contribution >= 0.6 is 0 Å². The van der Waals surface area contributed by atoms with Crippen LogP contribution in [0.1, 0.15) is 18.9 Å². The first-order chi connectivity index (χ1) is 13.1. The van der Waals surface area contributed by atoms with Crippen molar-refractivity contribution in [3.05, 3.63) is 48.0 Å². The van der Waals surface area contributed by atoms with Crippen molar-refractivity contribution in [2.24, 2.45) is 11.8 Å². The SMILES string of the molecule is CCc1ccccc1NC(=O)C1CC1C(=O)Nc1ccc(OC)cc1OC. The number of aryl methyl sites for hydroxylation is 1. The summed E-state index contributed by atoms with van der Waals surface area (Å²) in [6.45, 7) is 2.04. The highest BCUT2D eigenvalue weighted by atomic mass is 16.5. The number of carbonyl (C=O) groups is 2. The Morgan fingerprint density at radius 2 is 1.63 bits per heavy atom. The minimum atomic E-state index is -0.328. The monoisotopic (exact) mass is 368 g/mol. The lowest BCUT2D eigenvalue weighted by atomic mass is 10.1. The number of anilines is 2. The Labute approximate surface area is 158 Å². The number of hydrogen-bond donors (Lipinski definition) is 2. The third kappa shape index (κ3) is 4.22. The fraction of sp³-hybridized carbons (Fsp3) is 0.333. The molecule has 0 radical (unpaired) electrons. The quantitative estimate of drug-likeness (QED) is 0.784. The van der Waals surface area contributed by atoms with Gasteiger partial charge in [0.2, 0.25) is 11.8 Å². The lowest BCUT2D eigenvalue weighted by Crippen LogP contribution is -2.21. The molecule has 0 bridgehead atoms. The van der Waals surface area contributed by atoms with Gasteiger partial charge in [0.25, 0.3) is 0 Å². The van der Waals surface area contributed by atoms with Crippen molar-refractivity contribution in [2.75, 3.05) is 24.9 Å². The molecule has 6 nitrogen and oxygen atoms in total. The Bertz CT molecular complexity index is 850. The lowest BCUT2D eigenvalue weighted by Gasteiger charge is -2.12. The van der Waals surface area contributed by atoms with Gasteiger partial charge in [-0.25, -0.2) is 0 Å². The van der Waals surface area contributed by atoms with Crippen LogP contribution in [0.5, 0.6) is 11.5 Å². The normalized spacial score (nSPS) is 17.7. The Kier molecular flexibility index (Phi) is 5.64. The molecule has 2 amide bonds. The molecule has 0 saturated heterocycles. The molecule has 1 aliphatic rings. The zero-order valence-corrected chi connectivity index (χ0v) is 15.7. The summed E-state index contributed by atoms with van der Waals surface area (Å²) in [7, 11) is 3.10. The number of rotatable bonds is 7. The van der Waals surface area contributed by atoms with Crippen LogP contribution in [-0.2, 0) is 16.0 Å². The van der Waals surface area contributed by atoms with E-state index in [9.17, 15) is 9.59 Å². The van der Waals surface area contributed by atoms with Gasteiger partial charge in [-0.1, -0.05) is 25.1 Å². The Morgan fingerprint density at radius 1 is 0.963 bits per heavy atom. The average Bonchev–Trinajstić information content (AvgIpc) is 3.50. The van der Waals surface area contributed by atoms with Crippen LogP contribution in [0.15, 0.2) is 42.5 Å². The van der Waals surface area contributed by atoms with Crippen LogP contribution < -0.4 is 20.1 Å². The molecule has 3 rings (SSSR count). The summed E-state index contributed by atoms with van der Waals surface area (Å²) in [5, 5.41) is 5.80. The van der Waals surface area contributed by atoms with Gasteiger partial charge in [0.1, 0.15) is 11.5 Å². The van der Waals surface area contributed by atoms with Gasteiger partial charge < -0.3 is 20.1 Å². The molecule has 142 valence electrons. The molecule has 1 aliphatic carbocycles. The standard InChI is InChI=1S/C21H24N2O4/c1-4-13-7-5-6-8-17(13)22-20(24)15-12-16(15)21(25)23-18-10-9-14(26-2)11-19(18)27-3/h5-11,15-16H,4,12H2,1-3H3,(H,22,24)(H,23,25). The third-order valence-electron chi connectivity index (χ3n) is 4.79. The van der Waals surface area contributed by atoms with E-state index in [4.69, 9.17) is 9.47 Å². The summed E-state index contributed by atoms with van der Waals surface area (Å²) in [4.78, 5) is 25.0. The van der Waals surface area contributed by atoms with E-state index in [-0.39, 0.29) is 23.7 Å². The Morgan fingerprint density at radius 3 is 2.26 bits per heavy atom. The van der Waals surface area contributed by atoms with Gasteiger partial charge in [0.05, 0.1) is 31.7 Å². The van der Waals surface area contributed by atoms with E-state index in [0.717, 1.165) is 17.7 Å². The fourth-order valence-electron chi connectivity index (χ4n) is 3.08. The molecule has 27 heavy (non-hydrogen) atoms. The van der Waals surface area contributed by atoms with Crippen molar-refractivity contribution in [1.29, 1.82) is 0 Å². The summed E-state index contributed by atoms with van der Waals surface area (Å²) >= 11 is 0. The van der Waals surface area contributed by atoms with Crippen molar-refractivity contribution in [2.45, 2.75) is 19.8 Å². The second kappa shape index (κ2) is 8.12. The van der Waals surface area contributed by atoms with Crippen molar-refractivity contribution < 1.29 is 19.1 Å². The zero-order valence-electron chi connectivity index (χ0n) is 15.7. The molecule has 2 atom stereocenters. The fourth-order valence-corrected chi connectivity index (χ4v) is 3.08. The Balaban J connectivity index is 1.61. The van der Waals surface area contributed by atoms with Gasteiger partial charge in [-0.05, 0) is 36.6 Å². The van der Waals surface area contributed by atoms with Gasteiger partial charge in [-0.2, -0.15) is 0 Å². The molecule has 2 N–H and O–H groups in total. The largest absolute Gasteiger partial charge is 0.497 e. The van der Waals surface area contributed by atoms with Gasteiger partial charge in [-0.3, -0.25) is 9.59 Å². The highest BCUT2D eigenvalue weighted by molar-refractivity contribution is 6.04. The number of hydrogen-bond acceptors (Lipinski definition) is 4.